The monoisotopic (exact) mass is 232 g/mol. The Morgan fingerprint density at radius 2 is 2.18 bits per heavy atom. The lowest BCUT2D eigenvalue weighted by atomic mass is 10.1. The molecule has 0 unspecified atom stereocenters. The van der Waals surface area contributed by atoms with E-state index in [1.807, 2.05) is 6.92 Å². The first-order valence-electron chi connectivity index (χ1n) is 5.18. The minimum Gasteiger partial charge on any atom is -0.368 e. The fourth-order valence-electron chi connectivity index (χ4n) is 1.41. The van der Waals surface area contributed by atoms with Crippen LogP contribution in [0, 0.1) is 19.7 Å². The van der Waals surface area contributed by atoms with Gasteiger partial charge in [0.25, 0.3) is 0 Å². The highest BCUT2D eigenvalue weighted by Gasteiger charge is 1.99. The Balaban J connectivity index is 2.26. The largest absolute Gasteiger partial charge is 0.368 e. The molecule has 0 amide bonds. The van der Waals surface area contributed by atoms with E-state index in [1.165, 1.54) is 10.7 Å². The number of halogens is 1. The molecule has 17 heavy (non-hydrogen) atoms. The number of hydrogen-bond donors (Lipinski definition) is 1. The smallest absolute Gasteiger partial charge is 0.221 e. The molecule has 1 aromatic carbocycles. The Kier molecular flexibility index (Phi) is 2.91. The van der Waals surface area contributed by atoms with Crippen LogP contribution >= 0.6 is 0 Å². The summed E-state index contributed by atoms with van der Waals surface area (Å²) in [6.07, 6.45) is 3.25. The van der Waals surface area contributed by atoms with Crippen molar-refractivity contribution in [2.45, 2.75) is 13.8 Å². The zero-order chi connectivity index (χ0) is 12.4. The third kappa shape index (κ3) is 2.50. The van der Waals surface area contributed by atoms with Gasteiger partial charge >= 0.3 is 0 Å². The molecule has 2 rings (SSSR count). The molecule has 0 bridgehead atoms. The van der Waals surface area contributed by atoms with Crippen LogP contribution in [0.2, 0.25) is 0 Å². The molecular formula is C12H13FN4. The predicted octanol–water partition coefficient (Wildman–Crippen LogP) is 2.10. The topological polar surface area (TPSA) is 56.2 Å². The van der Waals surface area contributed by atoms with E-state index in [1.54, 1.807) is 31.5 Å². The van der Waals surface area contributed by atoms with Crippen LogP contribution in [0.15, 0.2) is 29.5 Å². The zero-order valence-corrected chi connectivity index (χ0v) is 9.68. The van der Waals surface area contributed by atoms with Crippen molar-refractivity contribution in [1.29, 1.82) is 0 Å². The number of benzene rings is 1. The van der Waals surface area contributed by atoms with Crippen molar-refractivity contribution in [1.82, 2.24) is 9.66 Å². The van der Waals surface area contributed by atoms with Crippen molar-refractivity contribution in [2.75, 3.05) is 5.73 Å². The third-order valence-electron chi connectivity index (χ3n) is 2.36. The second kappa shape index (κ2) is 4.37. The number of rotatable bonds is 2. The van der Waals surface area contributed by atoms with E-state index < -0.39 is 0 Å². The van der Waals surface area contributed by atoms with Crippen molar-refractivity contribution < 1.29 is 4.39 Å². The van der Waals surface area contributed by atoms with Crippen molar-refractivity contribution in [3.63, 3.8) is 0 Å². The van der Waals surface area contributed by atoms with Crippen LogP contribution in [0.4, 0.5) is 10.3 Å². The maximum Gasteiger partial charge on any atom is 0.221 e. The van der Waals surface area contributed by atoms with Crippen LogP contribution in [0.3, 0.4) is 0 Å². The lowest BCUT2D eigenvalue weighted by molar-refractivity contribution is 0.618. The van der Waals surface area contributed by atoms with Crippen LogP contribution in [0.5, 0.6) is 0 Å². The average Bonchev–Trinajstić information content (AvgIpc) is 2.59. The first-order chi connectivity index (χ1) is 8.06. The predicted molar refractivity (Wildman–Crippen MR) is 65.5 cm³/mol. The number of aromatic nitrogens is 2. The van der Waals surface area contributed by atoms with E-state index in [-0.39, 0.29) is 5.82 Å². The van der Waals surface area contributed by atoms with E-state index in [9.17, 15) is 4.39 Å². The van der Waals surface area contributed by atoms with Gasteiger partial charge in [-0.25, -0.2) is 14.1 Å². The molecular weight excluding hydrogens is 219 g/mol. The van der Waals surface area contributed by atoms with Gasteiger partial charge in [0, 0.05) is 0 Å². The molecule has 2 aromatic rings. The van der Waals surface area contributed by atoms with Gasteiger partial charge in [0.05, 0.1) is 18.1 Å². The number of imidazole rings is 1. The molecule has 5 heteroatoms. The van der Waals surface area contributed by atoms with Crippen LogP contribution in [-0.4, -0.2) is 15.9 Å². The lowest BCUT2D eigenvalue weighted by Gasteiger charge is -1.98. The zero-order valence-electron chi connectivity index (χ0n) is 9.68. The van der Waals surface area contributed by atoms with Crippen LogP contribution < -0.4 is 5.73 Å². The number of aryl methyl sites for hydroxylation is 2. The molecule has 88 valence electrons. The molecule has 1 heterocycles. The molecule has 0 saturated heterocycles. The Labute approximate surface area is 98.6 Å². The SMILES string of the molecule is Cc1cn(N=Cc2ccc(C)c(F)c2)c(N)n1. The van der Waals surface area contributed by atoms with E-state index >= 15 is 0 Å². The van der Waals surface area contributed by atoms with Crippen molar-refractivity contribution in [2.24, 2.45) is 5.10 Å². The fraction of sp³-hybridized carbons (Fsp3) is 0.167. The minimum atomic E-state index is -0.247. The van der Waals surface area contributed by atoms with Gasteiger partial charge in [-0.15, -0.1) is 0 Å². The van der Waals surface area contributed by atoms with Gasteiger partial charge < -0.3 is 5.73 Å². The molecule has 0 aliphatic rings. The molecule has 0 fully saturated rings. The lowest BCUT2D eigenvalue weighted by Crippen LogP contribution is -1.97. The van der Waals surface area contributed by atoms with Gasteiger partial charge in [0.15, 0.2) is 0 Å². The Morgan fingerprint density at radius 1 is 1.41 bits per heavy atom. The molecule has 2 N–H and O–H groups in total. The third-order valence-corrected chi connectivity index (χ3v) is 2.36. The van der Waals surface area contributed by atoms with Gasteiger partial charge in [-0.1, -0.05) is 12.1 Å². The first-order valence-corrected chi connectivity index (χ1v) is 5.18. The first kappa shape index (κ1) is 11.3. The summed E-state index contributed by atoms with van der Waals surface area (Å²) in [7, 11) is 0. The second-order valence-corrected chi connectivity index (χ2v) is 3.84. The molecule has 0 aliphatic carbocycles. The minimum absolute atomic E-state index is 0.247. The van der Waals surface area contributed by atoms with Crippen molar-refractivity contribution in [3.05, 3.63) is 47.0 Å². The summed E-state index contributed by atoms with van der Waals surface area (Å²) in [4.78, 5) is 4.01. The number of nitrogens with zero attached hydrogens (tertiary/aromatic N) is 3. The molecule has 0 radical (unpaired) electrons. The van der Waals surface area contributed by atoms with Gasteiger partial charge in [-0.2, -0.15) is 5.10 Å². The quantitative estimate of drug-likeness (QED) is 0.806. The summed E-state index contributed by atoms with van der Waals surface area (Å²) in [6.45, 7) is 3.54. The maximum atomic E-state index is 13.3. The summed E-state index contributed by atoms with van der Waals surface area (Å²) in [5.74, 6) is 0.0649. The summed E-state index contributed by atoms with van der Waals surface area (Å²) >= 11 is 0. The fourth-order valence-corrected chi connectivity index (χ4v) is 1.41. The normalized spacial score (nSPS) is 11.2. The van der Waals surface area contributed by atoms with Gasteiger partial charge in [0.1, 0.15) is 5.82 Å². The van der Waals surface area contributed by atoms with Gasteiger partial charge in [0.2, 0.25) is 5.95 Å². The highest BCUT2D eigenvalue weighted by atomic mass is 19.1. The number of nitrogens with two attached hydrogens (primary N) is 1. The summed E-state index contributed by atoms with van der Waals surface area (Å²) in [5.41, 5.74) is 7.70. The maximum absolute atomic E-state index is 13.3. The summed E-state index contributed by atoms with van der Waals surface area (Å²) in [5, 5.41) is 4.11. The van der Waals surface area contributed by atoms with Crippen LogP contribution in [-0.2, 0) is 0 Å². The average molecular weight is 232 g/mol. The number of hydrogen-bond acceptors (Lipinski definition) is 3. The second-order valence-electron chi connectivity index (χ2n) is 3.84. The van der Waals surface area contributed by atoms with E-state index in [4.69, 9.17) is 5.73 Å². The van der Waals surface area contributed by atoms with Crippen molar-refractivity contribution in [3.8, 4) is 0 Å². The van der Waals surface area contributed by atoms with Crippen LogP contribution in [0.25, 0.3) is 0 Å². The van der Waals surface area contributed by atoms with E-state index in [2.05, 4.69) is 10.1 Å². The number of nitrogen functional groups attached to an aromatic ring is 1. The highest BCUT2D eigenvalue weighted by Crippen LogP contribution is 2.08. The van der Waals surface area contributed by atoms with E-state index in [0.717, 1.165) is 5.69 Å². The van der Waals surface area contributed by atoms with Crippen molar-refractivity contribution >= 4 is 12.2 Å². The summed E-state index contributed by atoms with van der Waals surface area (Å²) in [6, 6.07) is 4.93. The Bertz CT molecular complexity index is 572. The standard InChI is InChI=1S/C12H13FN4/c1-8-3-4-10(5-11(8)13)6-15-17-7-9(2)16-12(17)14/h3-7H,1-2H3,(H2,14,16). The summed E-state index contributed by atoms with van der Waals surface area (Å²) < 4.78 is 14.7. The Hall–Kier alpha value is -2.17. The van der Waals surface area contributed by atoms with E-state index in [0.29, 0.717) is 17.1 Å². The molecule has 1 aromatic heterocycles. The molecule has 4 nitrogen and oxygen atoms in total. The molecule has 0 aliphatic heterocycles. The van der Waals surface area contributed by atoms with Gasteiger partial charge in [-0.3, -0.25) is 0 Å². The van der Waals surface area contributed by atoms with Crippen LogP contribution in [0.1, 0.15) is 16.8 Å². The molecule has 0 spiro atoms. The Morgan fingerprint density at radius 3 is 2.76 bits per heavy atom. The molecule has 0 saturated carbocycles. The number of anilines is 1. The molecule has 0 atom stereocenters. The highest BCUT2D eigenvalue weighted by molar-refractivity contribution is 5.79. The van der Waals surface area contributed by atoms with Gasteiger partial charge in [-0.05, 0) is 31.0 Å².